The summed E-state index contributed by atoms with van der Waals surface area (Å²) in [6, 6.07) is 15.8. The fraction of sp³-hybridized carbons (Fsp3) is 0.111. The van der Waals surface area contributed by atoms with Crippen LogP contribution in [0.3, 0.4) is 0 Å². The van der Waals surface area contributed by atoms with Crippen molar-refractivity contribution in [2.24, 2.45) is 0 Å². The van der Waals surface area contributed by atoms with E-state index in [0.717, 1.165) is 22.6 Å². The van der Waals surface area contributed by atoms with E-state index in [1.807, 2.05) is 48.7 Å². The maximum Gasteiger partial charge on any atom is 0.132 e. The lowest BCUT2D eigenvalue weighted by Gasteiger charge is -2.18. The van der Waals surface area contributed by atoms with Gasteiger partial charge in [-0.1, -0.05) is 47.5 Å². The fourth-order valence-corrected chi connectivity index (χ4v) is 2.82. The highest BCUT2D eigenvalue weighted by Crippen LogP contribution is 2.30. The van der Waals surface area contributed by atoms with Crippen LogP contribution in [0.2, 0.25) is 10.2 Å². The SMILES string of the molecule is Clc1ccc([C@H](Cc2cccnc2Cl)c2cccnc2)cc1. The van der Waals surface area contributed by atoms with Crippen molar-refractivity contribution in [2.75, 3.05) is 0 Å². The Morgan fingerprint density at radius 2 is 1.64 bits per heavy atom. The molecule has 22 heavy (non-hydrogen) atoms. The molecule has 3 aromatic rings. The number of halogens is 2. The average Bonchev–Trinajstić information content (AvgIpc) is 2.56. The summed E-state index contributed by atoms with van der Waals surface area (Å²) in [5.74, 6) is 0.160. The average molecular weight is 329 g/mol. The predicted octanol–water partition coefficient (Wildman–Crippen LogP) is 5.16. The first-order chi connectivity index (χ1) is 10.7. The largest absolute Gasteiger partial charge is 0.264 e. The van der Waals surface area contributed by atoms with Gasteiger partial charge >= 0.3 is 0 Å². The van der Waals surface area contributed by atoms with Gasteiger partial charge < -0.3 is 0 Å². The Kier molecular flexibility index (Phi) is 4.71. The van der Waals surface area contributed by atoms with Gasteiger partial charge in [0.15, 0.2) is 0 Å². The van der Waals surface area contributed by atoms with Crippen molar-refractivity contribution in [2.45, 2.75) is 12.3 Å². The number of hydrogen-bond acceptors (Lipinski definition) is 2. The Labute approximate surface area is 139 Å². The second-order valence-corrected chi connectivity index (χ2v) is 5.84. The molecule has 0 bridgehead atoms. The van der Waals surface area contributed by atoms with Crippen molar-refractivity contribution in [3.05, 3.63) is 94.0 Å². The molecule has 2 aromatic heterocycles. The standard InChI is InChI=1S/C18H14Cl2N2/c19-16-7-5-13(6-8-16)17(15-4-1-9-21-12-15)11-14-3-2-10-22-18(14)20/h1-10,12,17H,11H2/t17-/m0/s1. The molecule has 0 aliphatic heterocycles. The molecular formula is C18H14Cl2N2. The van der Waals surface area contributed by atoms with E-state index in [0.29, 0.717) is 5.15 Å². The smallest absolute Gasteiger partial charge is 0.132 e. The second-order valence-electron chi connectivity index (χ2n) is 5.05. The van der Waals surface area contributed by atoms with Crippen LogP contribution in [-0.2, 0) is 6.42 Å². The normalized spacial score (nSPS) is 12.1. The van der Waals surface area contributed by atoms with Crippen molar-refractivity contribution in [3.63, 3.8) is 0 Å². The van der Waals surface area contributed by atoms with E-state index in [1.165, 1.54) is 5.56 Å². The van der Waals surface area contributed by atoms with Gasteiger partial charge in [0.05, 0.1) is 0 Å². The molecule has 0 saturated heterocycles. The summed E-state index contributed by atoms with van der Waals surface area (Å²) in [6.45, 7) is 0. The molecule has 3 rings (SSSR count). The molecule has 0 aliphatic rings. The summed E-state index contributed by atoms with van der Waals surface area (Å²) in [5, 5.41) is 1.28. The van der Waals surface area contributed by atoms with E-state index < -0.39 is 0 Å². The summed E-state index contributed by atoms with van der Waals surface area (Å²) < 4.78 is 0. The molecule has 0 unspecified atom stereocenters. The van der Waals surface area contributed by atoms with Crippen molar-refractivity contribution in [1.29, 1.82) is 0 Å². The summed E-state index contributed by atoms with van der Waals surface area (Å²) >= 11 is 12.2. The Bertz CT molecular complexity index is 743. The van der Waals surface area contributed by atoms with Gasteiger partial charge in [0, 0.05) is 29.5 Å². The number of hydrogen-bond donors (Lipinski definition) is 0. The van der Waals surface area contributed by atoms with Crippen LogP contribution in [0.5, 0.6) is 0 Å². The molecule has 4 heteroatoms. The van der Waals surface area contributed by atoms with Crippen LogP contribution in [0.15, 0.2) is 67.1 Å². The third kappa shape index (κ3) is 3.46. The minimum Gasteiger partial charge on any atom is -0.264 e. The van der Waals surface area contributed by atoms with E-state index >= 15 is 0 Å². The molecule has 1 atom stereocenters. The van der Waals surface area contributed by atoms with Gasteiger partial charge in [0.25, 0.3) is 0 Å². The van der Waals surface area contributed by atoms with E-state index in [-0.39, 0.29) is 5.92 Å². The molecule has 0 radical (unpaired) electrons. The van der Waals surface area contributed by atoms with Gasteiger partial charge in [-0.2, -0.15) is 0 Å². The Hall–Kier alpha value is -1.90. The third-order valence-electron chi connectivity index (χ3n) is 3.62. The van der Waals surface area contributed by atoms with Crippen LogP contribution in [0.1, 0.15) is 22.6 Å². The number of nitrogens with zero attached hydrogens (tertiary/aromatic N) is 2. The monoisotopic (exact) mass is 328 g/mol. The summed E-state index contributed by atoms with van der Waals surface area (Å²) in [7, 11) is 0. The third-order valence-corrected chi connectivity index (χ3v) is 4.21. The first-order valence-electron chi connectivity index (χ1n) is 6.99. The van der Waals surface area contributed by atoms with Gasteiger partial charge in [-0.25, -0.2) is 4.98 Å². The summed E-state index contributed by atoms with van der Waals surface area (Å²) in [4.78, 5) is 8.40. The van der Waals surface area contributed by atoms with Crippen molar-refractivity contribution < 1.29 is 0 Å². The van der Waals surface area contributed by atoms with E-state index in [2.05, 4.69) is 16.0 Å². The maximum atomic E-state index is 6.22. The molecule has 2 heterocycles. The minimum absolute atomic E-state index is 0.160. The van der Waals surface area contributed by atoms with E-state index in [1.54, 1.807) is 12.4 Å². The fourth-order valence-electron chi connectivity index (χ4n) is 2.50. The molecule has 0 aliphatic carbocycles. The Morgan fingerprint density at radius 1 is 0.864 bits per heavy atom. The predicted molar refractivity (Wildman–Crippen MR) is 90.5 cm³/mol. The molecule has 0 N–H and O–H groups in total. The van der Waals surface area contributed by atoms with Gasteiger partial charge in [0.2, 0.25) is 0 Å². The number of rotatable bonds is 4. The first-order valence-corrected chi connectivity index (χ1v) is 7.74. The van der Waals surface area contributed by atoms with Gasteiger partial charge in [0.1, 0.15) is 5.15 Å². The molecule has 0 amide bonds. The Balaban J connectivity index is 2.00. The van der Waals surface area contributed by atoms with Crippen LogP contribution in [0.4, 0.5) is 0 Å². The topological polar surface area (TPSA) is 25.8 Å². The zero-order valence-corrected chi connectivity index (χ0v) is 13.3. The molecule has 0 saturated carbocycles. The number of benzene rings is 1. The van der Waals surface area contributed by atoms with Crippen LogP contribution in [-0.4, -0.2) is 9.97 Å². The number of aromatic nitrogens is 2. The van der Waals surface area contributed by atoms with E-state index in [9.17, 15) is 0 Å². The van der Waals surface area contributed by atoms with Crippen molar-refractivity contribution in [1.82, 2.24) is 9.97 Å². The lowest BCUT2D eigenvalue weighted by Crippen LogP contribution is -2.06. The lowest BCUT2D eigenvalue weighted by molar-refractivity contribution is 0.796. The van der Waals surface area contributed by atoms with Crippen LogP contribution >= 0.6 is 23.2 Å². The van der Waals surface area contributed by atoms with Crippen molar-refractivity contribution in [3.8, 4) is 0 Å². The lowest BCUT2D eigenvalue weighted by atomic mass is 9.87. The first kappa shape index (κ1) is 15.0. The summed E-state index contributed by atoms with van der Waals surface area (Å²) in [6.07, 6.45) is 6.14. The zero-order chi connectivity index (χ0) is 15.4. The van der Waals surface area contributed by atoms with Crippen LogP contribution in [0.25, 0.3) is 0 Å². The van der Waals surface area contributed by atoms with Gasteiger partial charge in [-0.3, -0.25) is 4.98 Å². The Morgan fingerprint density at radius 3 is 2.32 bits per heavy atom. The molecule has 0 spiro atoms. The van der Waals surface area contributed by atoms with E-state index in [4.69, 9.17) is 23.2 Å². The number of pyridine rings is 2. The molecule has 110 valence electrons. The highest BCUT2D eigenvalue weighted by Gasteiger charge is 2.17. The highest BCUT2D eigenvalue weighted by molar-refractivity contribution is 6.30. The molecule has 1 aromatic carbocycles. The van der Waals surface area contributed by atoms with Gasteiger partial charge in [-0.05, 0) is 47.4 Å². The maximum absolute atomic E-state index is 6.22. The summed E-state index contributed by atoms with van der Waals surface area (Å²) in [5.41, 5.74) is 3.34. The minimum atomic E-state index is 0.160. The molecule has 0 fully saturated rings. The molecule has 2 nitrogen and oxygen atoms in total. The zero-order valence-electron chi connectivity index (χ0n) is 11.8. The molecular weight excluding hydrogens is 315 g/mol. The highest BCUT2D eigenvalue weighted by atomic mass is 35.5. The second kappa shape index (κ2) is 6.91. The van der Waals surface area contributed by atoms with Gasteiger partial charge in [-0.15, -0.1) is 0 Å². The van der Waals surface area contributed by atoms with Crippen LogP contribution < -0.4 is 0 Å². The quantitative estimate of drug-likeness (QED) is 0.618. The van der Waals surface area contributed by atoms with Crippen molar-refractivity contribution >= 4 is 23.2 Å². The van der Waals surface area contributed by atoms with Crippen LogP contribution in [0, 0.1) is 0 Å².